The van der Waals surface area contributed by atoms with Crippen molar-refractivity contribution in [1.82, 2.24) is 16.2 Å². The van der Waals surface area contributed by atoms with Crippen LogP contribution in [0.15, 0.2) is 60.7 Å². The Hall–Kier alpha value is -3.39. The molecule has 2 aromatic rings. The first-order valence-electron chi connectivity index (χ1n) is 7.62. The SMILES string of the molecule is COc1ccccc1/C=C/C(=O)NC(=S)NNC(=O)Nc1ccccc1. The minimum Gasteiger partial charge on any atom is -0.496 e. The topological polar surface area (TPSA) is 91.5 Å². The van der Waals surface area contributed by atoms with Gasteiger partial charge in [-0.1, -0.05) is 36.4 Å². The smallest absolute Gasteiger partial charge is 0.337 e. The van der Waals surface area contributed by atoms with E-state index < -0.39 is 11.9 Å². The van der Waals surface area contributed by atoms with Crippen LogP contribution in [0, 0.1) is 0 Å². The number of rotatable bonds is 4. The van der Waals surface area contributed by atoms with Crippen molar-refractivity contribution < 1.29 is 14.3 Å². The molecule has 7 nitrogen and oxygen atoms in total. The highest BCUT2D eigenvalue weighted by molar-refractivity contribution is 7.80. The lowest BCUT2D eigenvalue weighted by Crippen LogP contribution is -2.49. The second-order valence-electron chi connectivity index (χ2n) is 4.96. The monoisotopic (exact) mass is 370 g/mol. The van der Waals surface area contributed by atoms with Gasteiger partial charge in [-0.2, -0.15) is 0 Å². The van der Waals surface area contributed by atoms with Crippen molar-refractivity contribution in [2.75, 3.05) is 12.4 Å². The highest BCUT2D eigenvalue weighted by Gasteiger charge is 2.04. The van der Waals surface area contributed by atoms with E-state index >= 15 is 0 Å². The van der Waals surface area contributed by atoms with Gasteiger partial charge in [0.2, 0.25) is 5.91 Å². The maximum absolute atomic E-state index is 11.9. The number of carbonyl (C=O) groups excluding carboxylic acids is 2. The van der Waals surface area contributed by atoms with Crippen molar-refractivity contribution in [2.24, 2.45) is 0 Å². The second kappa shape index (κ2) is 9.80. The molecule has 2 rings (SSSR count). The number of anilines is 1. The average molecular weight is 370 g/mol. The van der Waals surface area contributed by atoms with E-state index in [0.29, 0.717) is 11.4 Å². The first-order chi connectivity index (χ1) is 12.6. The second-order valence-corrected chi connectivity index (χ2v) is 5.37. The fourth-order valence-corrected chi connectivity index (χ4v) is 2.10. The number of nitrogens with one attached hydrogen (secondary N) is 4. The highest BCUT2D eigenvalue weighted by Crippen LogP contribution is 2.18. The summed E-state index contributed by atoms with van der Waals surface area (Å²) in [6.45, 7) is 0. The van der Waals surface area contributed by atoms with Gasteiger partial charge in [-0.25, -0.2) is 10.2 Å². The van der Waals surface area contributed by atoms with Crippen molar-refractivity contribution in [3.05, 3.63) is 66.2 Å². The molecule has 26 heavy (non-hydrogen) atoms. The predicted octanol–water partition coefficient (Wildman–Crippen LogP) is 2.44. The van der Waals surface area contributed by atoms with Crippen LogP contribution in [0.4, 0.5) is 10.5 Å². The number of methoxy groups -OCH3 is 1. The predicted molar refractivity (Wildman–Crippen MR) is 105 cm³/mol. The molecule has 0 saturated carbocycles. The van der Waals surface area contributed by atoms with Gasteiger partial charge < -0.3 is 10.1 Å². The number of hydrazine groups is 1. The zero-order valence-corrected chi connectivity index (χ0v) is 14.8. The van der Waals surface area contributed by atoms with Crippen LogP contribution in [0.2, 0.25) is 0 Å². The maximum atomic E-state index is 11.9. The number of carbonyl (C=O) groups is 2. The molecule has 134 valence electrons. The number of benzene rings is 2. The van der Waals surface area contributed by atoms with Gasteiger partial charge in [0.25, 0.3) is 0 Å². The lowest BCUT2D eigenvalue weighted by molar-refractivity contribution is -0.115. The Morgan fingerprint density at radius 2 is 1.69 bits per heavy atom. The Balaban J connectivity index is 1.77. The summed E-state index contributed by atoms with van der Waals surface area (Å²) in [6, 6.07) is 15.7. The molecule has 0 saturated heterocycles. The highest BCUT2D eigenvalue weighted by atomic mass is 32.1. The normalized spacial score (nSPS) is 10.0. The molecule has 0 unspecified atom stereocenters. The van der Waals surface area contributed by atoms with Gasteiger partial charge in [0, 0.05) is 17.3 Å². The summed E-state index contributed by atoms with van der Waals surface area (Å²) in [7, 11) is 1.55. The number of amides is 3. The molecular formula is C18H18N4O3S. The average Bonchev–Trinajstić information content (AvgIpc) is 2.66. The van der Waals surface area contributed by atoms with Crippen LogP contribution in [0.25, 0.3) is 6.08 Å². The van der Waals surface area contributed by atoms with Gasteiger partial charge in [-0.15, -0.1) is 0 Å². The van der Waals surface area contributed by atoms with E-state index in [1.165, 1.54) is 6.08 Å². The summed E-state index contributed by atoms with van der Waals surface area (Å²) in [5, 5.41) is 4.98. The van der Waals surface area contributed by atoms with E-state index in [0.717, 1.165) is 5.56 Å². The first kappa shape index (κ1) is 18.9. The van der Waals surface area contributed by atoms with Gasteiger partial charge in [-0.3, -0.25) is 15.5 Å². The van der Waals surface area contributed by atoms with Crippen molar-refractivity contribution in [3.8, 4) is 5.75 Å². The zero-order chi connectivity index (χ0) is 18.8. The van der Waals surface area contributed by atoms with Crippen LogP contribution in [0.1, 0.15) is 5.56 Å². The number of thiocarbonyl (C=S) groups is 1. The van der Waals surface area contributed by atoms with E-state index in [9.17, 15) is 9.59 Å². The third-order valence-corrected chi connectivity index (χ3v) is 3.32. The molecule has 0 atom stereocenters. The van der Waals surface area contributed by atoms with Gasteiger partial charge in [0.05, 0.1) is 7.11 Å². The van der Waals surface area contributed by atoms with Crippen molar-refractivity contribution in [2.45, 2.75) is 0 Å². The summed E-state index contributed by atoms with van der Waals surface area (Å²) in [6.07, 6.45) is 2.92. The number of ether oxygens (including phenoxy) is 1. The molecule has 0 aliphatic rings. The van der Waals surface area contributed by atoms with Crippen LogP contribution < -0.4 is 26.2 Å². The minimum absolute atomic E-state index is 0.0390. The van der Waals surface area contributed by atoms with Crippen LogP contribution >= 0.6 is 12.2 Å². The molecule has 0 aromatic heterocycles. The Kier molecular flexibility index (Phi) is 7.14. The van der Waals surface area contributed by atoms with E-state index in [1.807, 2.05) is 24.3 Å². The van der Waals surface area contributed by atoms with Gasteiger partial charge >= 0.3 is 6.03 Å². The van der Waals surface area contributed by atoms with E-state index in [1.54, 1.807) is 43.5 Å². The fraction of sp³-hybridized carbons (Fsp3) is 0.0556. The number of hydrogen-bond acceptors (Lipinski definition) is 4. The molecule has 0 fully saturated rings. The molecule has 0 aliphatic carbocycles. The zero-order valence-electron chi connectivity index (χ0n) is 14.0. The lowest BCUT2D eigenvalue weighted by atomic mass is 10.2. The molecule has 0 spiro atoms. The molecule has 3 amide bonds. The van der Waals surface area contributed by atoms with Crippen LogP contribution in [0.3, 0.4) is 0 Å². The Labute approximate surface area is 156 Å². The van der Waals surface area contributed by atoms with Gasteiger partial charge in [0.1, 0.15) is 5.75 Å². The third-order valence-electron chi connectivity index (χ3n) is 3.11. The standard InChI is InChI=1S/C18H18N4O3S/c1-25-15-10-6-5-7-13(15)11-12-16(23)20-18(26)22-21-17(24)19-14-8-3-2-4-9-14/h2-12H,1H3,(H2,19,21,24)(H2,20,22,23,26)/b12-11+. The summed E-state index contributed by atoms with van der Waals surface area (Å²) in [4.78, 5) is 23.6. The van der Waals surface area contributed by atoms with E-state index in [-0.39, 0.29) is 5.11 Å². The van der Waals surface area contributed by atoms with Crippen molar-refractivity contribution in [3.63, 3.8) is 0 Å². The molecule has 0 aliphatic heterocycles. The number of hydrogen-bond donors (Lipinski definition) is 4. The van der Waals surface area contributed by atoms with Gasteiger partial charge in [-0.05, 0) is 36.5 Å². The number of urea groups is 1. The first-order valence-corrected chi connectivity index (χ1v) is 8.03. The van der Waals surface area contributed by atoms with E-state index in [4.69, 9.17) is 17.0 Å². The maximum Gasteiger partial charge on any atom is 0.337 e. The quantitative estimate of drug-likeness (QED) is 0.377. The third kappa shape index (κ3) is 6.25. The van der Waals surface area contributed by atoms with Gasteiger partial charge in [0.15, 0.2) is 5.11 Å². The molecular weight excluding hydrogens is 352 g/mol. The minimum atomic E-state index is -0.516. The Morgan fingerprint density at radius 1 is 1.00 bits per heavy atom. The molecule has 8 heteroatoms. The molecule has 2 aromatic carbocycles. The lowest BCUT2D eigenvalue weighted by Gasteiger charge is -2.10. The molecule has 0 bridgehead atoms. The van der Waals surface area contributed by atoms with Crippen LogP contribution in [0.5, 0.6) is 5.75 Å². The van der Waals surface area contributed by atoms with Crippen molar-refractivity contribution >= 4 is 41.0 Å². The summed E-state index contributed by atoms with van der Waals surface area (Å²) < 4.78 is 5.20. The van der Waals surface area contributed by atoms with E-state index in [2.05, 4.69) is 21.5 Å². The largest absolute Gasteiger partial charge is 0.496 e. The van der Waals surface area contributed by atoms with Crippen molar-refractivity contribution in [1.29, 1.82) is 0 Å². The summed E-state index contributed by atoms with van der Waals surface area (Å²) >= 11 is 4.95. The summed E-state index contributed by atoms with van der Waals surface area (Å²) in [5.41, 5.74) is 6.14. The Bertz CT molecular complexity index is 809. The molecule has 0 heterocycles. The fourth-order valence-electron chi connectivity index (χ4n) is 1.95. The molecule has 0 radical (unpaired) electrons. The molecule has 4 N–H and O–H groups in total. The Morgan fingerprint density at radius 3 is 2.42 bits per heavy atom. The number of para-hydroxylation sites is 2. The summed E-state index contributed by atoms with van der Waals surface area (Å²) in [5.74, 6) is 0.204. The van der Waals surface area contributed by atoms with Crippen LogP contribution in [-0.2, 0) is 4.79 Å². The van der Waals surface area contributed by atoms with Crippen LogP contribution in [-0.4, -0.2) is 24.2 Å².